The number of thiophene rings is 1. The van der Waals surface area contributed by atoms with E-state index in [4.69, 9.17) is 9.47 Å². The Kier molecular flexibility index (Phi) is 8.29. The fourth-order valence-electron chi connectivity index (χ4n) is 3.92. The largest absolute Gasteiger partial charge is 0.489 e. The molecule has 0 radical (unpaired) electrons. The van der Waals surface area contributed by atoms with Crippen molar-refractivity contribution in [2.75, 3.05) is 12.4 Å². The van der Waals surface area contributed by atoms with E-state index >= 15 is 0 Å². The van der Waals surface area contributed by atoms with Gasteiger partial charge >= 0.3 is 17.8 Å². The van der Waals surface area contributed by atoms with E-state index < -0.39 is 17.8 Å². The minimum absolute atomic E-state index is 0.294. The summed E-state index contributed by atoms with van der Waals surface area (Å²) in [6.07, 6.45) is 3.53. The molecule has 10 heteroatoms. The Labute approximate surface area is 217 Å². The second kappa shape index (κ2) is 11.8. The Morgan fingerprint density at radius 2 is 1.70 bits per heavy atom. The van der Waals surface area contributed by atoms with Crippen LogP contribution in [0.15, 0.2) is 53.6 Å². The van der Waals surface area contributed by atoms with Crippen LogP contribution in [0.25, 0.3) is 0 Å². The van der Waals surface area contributed by atoms with Crippen molar-refractivity contribution >= 4 is 39.8 Å². The molecule has 0 aliphatic heterocycles. The maximum absolute atomic E-state index is 13.0. The van der Waals surface area contributed by atoms with Gasteiger partial charge in [-0.3, -0.25) is 9.59 Å². The topological polar surface area (TPSA) is 106 Å². The van der Waals surface area contributed by atoms with Gasteiger partial charge in [0, 0.05) is 4.88 Å². The lowest BCUT2D eigenvalue weighted by Crippen LogP contribution is -2.33. The van der Waals surface area contributed by atoms with Crippen LogP contribution in [0, 0.1) is 5.82 Å². The number of hydrazone groups is 1. The molecule has 1 aliphatic rings. The van der Waals surface area contributed by atoms with Gasteiger partial charge in [0.05, 0.1) is 18.4 Å². The number of hydrogen-bond acceptors (Lipinski definition) is 7. The summed E-state index contributed by atoms with van der Waals surface area (Å²) in [7, 11) is 1.29. The molecule has 0 unspecified atom stereocenters. The van der Waals surface area contributed by atoms with Crippen LogP contribution in [0.1, 0.15) is 51.7 Å². The van der Waals surface area contributed by atoms with Gasteiger partial charge in [0.25, 0.3) is 0 Å². The first-order valence-corrected chi connectivity index (χ1v) is 12.5. The average Bonchev–Trinajstić information content (AvgIpc) is 3.28. The fraction of sp³-hybridized carbons (Fsp3) is 0.259. The number of anilines is 1. The highest BCUT2D eigenvalue weighted by molar-refractivity contribution is 7.17. The number of amides is 2. The first-order chi connectivity index (χ1) is 17.9. The van der Waals surface area contributed by atoms with Gasteiger partial charge in [0.2, 0.25) is 0 Å². The maximum atomic E-state index is 13.0. The lowest BCUT2D eigenvalue weighted by atomic mass is 9.95. The first kappa shape index (κ1) is 26.0. The normalized spacial score (nSPS) is 12.9. The number of carbonyl (C=O) groups excluding carboxylic acids is 3. The van der Waals surface area contributed by atoms with Crippen LogP contribution < -0.4 is 15.5 Å². The van der Waals surface area contributed by atoms with E-state index in [1.807, 2.05) is 0 Å². The molecule has 37 heavy (non-hydrogen) atoms. The van der Waals surface area contributed by atoms with Gasteiger partial charge in [-0.25, -0.2) is 14.6 Å². The third-order valence-corrected chi connectivity index (χ3v) is 7.12. The molecule has 192 valence electrons. The predicted octanol–water partition coefficient (Wildman–Crippen LogP) is 4.61. The number of benzene rings is 2. The van der Waals surface area contributed by atoms with Crippen LogP contribution in [0.3, 0.4) is 0 Å². The number of hydrogen-bond donors (Lipinski definition) is 2. The molecule has 3 aromatic rings. The van der Waals surface area contributed by atoms with Gasteiger partial charge in [-0.2, -0.15) is 5.10 Å². The molecular weight excluding hydrogens is 497 g/mol. The molecule has 2 amide bonds. The fourth-order valence-corrected chi connectivity index (χ4v) is 5.19. The molecule has 0 saturated carbocycles. The van der Waals surface area contributed by atoms with Gasteiger partial charge in [0.1, 0.15) is 23.2 Å². The number of esters is 1. The monoisotopic (exact) mass is 523 g/mol. The number of aryl methyl sites for hydroxylation is 1. The van der Waals surface area contributed by atoms with E-state index in [-0.39, 0.29) is 5.82 Å². The summed E-state index contributed by atoms with van der Waals surface area (Å²) in [5, 5.41) is 6.88. The summed E-state index contributed by atoms with van der Waals surface area (Å²) in [6, 6.07) is 13.1. The van der Waals surface area contributed by atoms with Crippen LogP contribution in [0.4, 0.5) is 9.39 Å². The Hall–Kier alpha value is -4.05. The predicted molar refractivity (Wildman–Crippen MR) is 138 cm³/mol. The lowest BCUT2D eigenvalue weighted by molar-refractivity contribution is -0.136. The van der Waals surface area contributed by atoms with Crippen molar-refractivity contribution in [2.24, 2.45) is 5.10 Å². The molecule has 2 N–H and O–H groups in total. The van der Waals surface area contributed by atoms with Gasteiger partial charge in [-0.15, -0.1) is 11.3 Å². The number of methoxy groups -OCH3 is 1. The number of nitrogens with one attached hydrogen (secondary N) is 2. The maximum Gasteiger partial charge on any atom is 0.341 e. The summed E-state index contributed by atoms with van der Waals surface area (Å²) in [6.45, 7) is 1.98. The van der Waals surface area contributed by atoms with E-state index in [2.05, 4.69) is 15.8 Å². The highest BCUT2D eigenvalue weighted by Crippen LogP contribution is 2.38. The number of rotatable bonds is 7. The number of ether oxygens (including phenoxy) is 2. The molecule has 0 fully saturated rings. The Bertz CT molecular complexity index is 1330. The molecule has 2 aromatic carbocycles. The van der Waals surface area contributed by atoms with Gasteiger partial charge < -0.3 is 14.8 Å². The second-order valence-electron chi connectivity index (χ2n) is 8.44. The van der Waals surface area contributed by atoms with Crippen LogP contribution >= 0.6 is 11.3 Å². The zero-order valence-electron chi connectivity index (χ0n) is 20.4. The average molecular weight is 524 g/mol. The van der Waals surface area contributed by atoms with Crippen molar-refractivity contribution in [1.82, 2.24) is 5.43 Å². The summed E-state index contributed by atoms with van der Waals surface area (Å²) in [4.78, 5) is 38.3. The van der Waals surface area contributed by atoms with E-state index in [0.717, 1.165) is 41.7 Å². The van der Waals surface area contributed by atoms with Crippen LogP contribution in [0.2, 0.25) is 0 Å². The number of fused-ring (bicyclic) bond motifs is 1. The zero-order chi connectivity index (χ0) is 26.4. The standard InChI is InChI=1S/C27H26FN3O5S/c1-16(18-9-13-20(14-10-18)36-15-17-7-11-19(28)12-8-17)30-31-25(33)24(32)29-26-23(27(34)35-2)21-5-3-4-6-22(21)37-26/h7-14H,3-6,15H2,1-2H3,(H,29,32)(H,31,33). The Morgan fingerprint density at radius 1 is 1.00 bits per heavy atom. The third kappa shape index (κ3) is 6.39. The third-order valence-electron chi connectivity index (χ3n) is 5.91. The molecule has 0 saturated heterocycles. The number of carbonyl (C=O) groups is 3. The van der Waals surface area contributed by atoms with Crippen LogP contribution in [-0.4, -0.2) is 30.6 Å². The Morgan fingerprint density at radius 3 is 2.41 bits per heavy atom. The lowest BCUT2D eigenvalue weighted by Gasteiger charge is -2.11. The minimum atomic E-state index is -0.958. The molecule has 4 rings (SSSR count). The molecule has 1 heterocycles. The van der Waals surface area contributed by atoms with Crippen LogP contribution in [0.5, 0.6) is 5.75 Å². The molecule has 1 aliphatic carbocycles. The summed E-state index contributed by atoms with van der Waals surface area (Å²) >= 11 is 1.30. The summed E-state index contributed by atoms with van der Waals surface area (Å²) in [5.41, 5.74) is 5.50. The molecular formula is C27H26FN3O5S. The zero-order valence-corrected chi connectivity index (χ0v) is 21.2. The highest BCUT2D eigenvalue weighted by Gasteiger charge is 2.28. The van der Waals surface area contributed by atoms with E-state index in [1.165, 1.54) is 30.6 Å². The molecule has 8 nitrogen and oxygen atoms in total. The molecule has 0 bridgehead atoms. The number of nitrogens with zero attached hydrogens (tertiary/aromatic N) is 1. The van der Waals surface area contributed by atoms with Crippen molar-refractivity contribution in [2.45, 2.75) is 39.2 Å². The SMILES string of the molecule is COC(=O)c1c(NC(=O)C(=O)NN=C(C)c2ccc(OCc3ccc(F)cc3)cc2)sc2c1CCCC2. The van der Waals surface area contributed by atoms with Gasteiger partial charge in [0.15, 0.2) is 0 Å². The van der Waals surface area contributed by atoms with E-state index in [0.29, 0.717) is 34.2 Å². The van der Waals surface area contributed by atoms with Crippen molar-refractivity contribution in [3.05, 3.63) is 81.5 Å². The quantitative estimate of drug-likeness (QED) is 0.204. The molecule has 0 spiro atoms. The van der Waals surface area contributed by atoms with Crippen LogP contribution in [-0.2, 0) is 33.8 Å². The molecule has 1 aromatic heterocycles. The van der Waals surface area contributed by atoms with Crippen molar-refractivity contribution in [1.29, 1.82) is 0 Å². The van der Waals surface area contributed by atoms with E-state index in [1.54, 1.807) is 43.3 Å². The second-order valence-corrected chi connectivity index (χ2v) is 9.54. The minimum Gasteiger partial charge on any atom is -0.489 e. The Balaban J connectivity index is 1.35. The number of halogens is 1. The van der Waals surface area contributed by atoms with Crippen molar-refractivity contribution in [3.63, 3.8) is 0 Å². The summed E-state index contributed by atoms with van der Waals surface area (Å²) < 4.78 is 23.6. The summed E-state index contributed by atoms with van der Waals surface area (Å²) in [5.74, 6) is -2.10. The van der Waals surface area contributed by atoms with Crippen molar-refractivity contribution in [3.8, 4) is 5.75 Å². The highest BCUT2D eigenvalue weighted by atomic mass is 32.1. The van der Waals surface area contributed by atoms with Crippen molar-refractivity contribution < 1.29 is 28.2 Å². The van der Waals surface area contributed by atoms with Gasteiger partial charge in [-0.1, -0.05) is 12.1 Å². The smallest absolute Gasteiger partial charge is 0.341 e. The first-order valence-electron chi connectivity index (χ1n) is 11.7. The van der Waals surface area contributed by atoms with Gasteiger partial charge in [-0.05, 0) is 85.7 Å². The van der Waals surface area contributed by atoms with E-state index in [9.17, 15) is 18.8 Å². The molecule has 0 atom stereocenters.